The van der Waals surface area contributed by atoms with Gasteiger partial charge in [0.15, 0.2) is 0 Å². The van der Waals surface area contributed by atoms with Gasteiger partial charge in [-0.2, -0.15) is 0 Å². The van der Waals surface area contributed by atoms with Gasteiger partial charge in [0.2, 0.25) is 0 Å². The van der Waals surface area contributed by atoms with Crippen molar-refractivity contribution in [3.05, 3.63) is 0 Å². The van der Waals surface area contributed by atoms with Gasteiger partial charge in [-0.1, -0.05) is 90.9 Å². The van der Waals surface area contributed by atoms with Gasteiger partial charge in [0.1, 0.15) is 12.1 Å². The van der Waals surface area contributed by atoms with E-state index < -0.39 is 0 Å². The van der Waals surface area contributed by atoms with Crippen molar-refractivity contribution in [2.45, 2.75) is 123 Å². The van der Waals surface area contributed by atoms with Gasteiger partial charge in [-0.15, -0.1) is 0 Å². The van der Waals surface area contributed by atoms with Crippen molar-refractivity contribution in [3.63, 3.8) is 0 Å². The molecule has 0 aliphatic heterocycles. The van der Waals surface area contributed by atoms with Crippen LogP contribution in [0.3, 0.4) is 0 Å². The summed E-state index contributed by atoms with van der Waals surface area (Å²) in [4.78, 5) is 21.5. The first-order chi connectivity index (χ1) is 11.7. The van der Waals surface area contributed by atoms with E-state index in [0.29, 0.717) is 25.0 Å². The third-order valence-electron chi connectivity index (χ3n) is 4.98. The van der Waals surface area contributed by atoms with E-state index in [9.17, 15) is 9.59 Å². The topological polar surface area (TPSA) is 34.1 Å². The van der Waals surface area contributed by atoms with Gasteiger partial charge in [0.25, 0.3) is 0 Å². The number of unbranched alkanes of at least 4 members (excludes halogenated alkanes) is 8. The molecular weight excluding hydrogens is 296 g/mol. The maximum absolute atomic E-state index is 11.4. The second kappa shape index (κ2) is 18.7. The molecule has 24 heavy (non-hydrogen) atoms. The van der Waals surface area contributed by atoms with Crippen molar-refractivity contribution in [1.29, 1.82) is 0 Å². The van der Waals surface area contributed by atoms with Crippen molar-refractivity contribution in [1.82, 2.24) is 0 Å². The first-order valence-corrected chi connectivity index (χ1v) is 10.7. The molecule has 0 aromatic heterocycles. The minimum atomic E-state index is 0.331. The quantitative estimate of drug-likeness (QED) is 0.266. The predicted molar refractivity (Wildman–Crippen MR) is 104 cm³/mol. The molecule has 1 aliphatic carbocycles. The van der Waals surface area contributed by atoms with E-state index in [1.54, 1.807) is 0 Å². The Morgan fingerprint density at radius 1 is 0.833 bits per heavy atom. The number of Topliss-reactive ketones (excluding diaryl/α,β-unsaturated/α-hetero) is 1. The van der Waals surface area contributed by atoms with Gasteiger partial charge in [-0.25, -0.2) is 0 Å². The van der Waals surface area contributed by atoms with E-state index in [1.165, 1.54) is 77.0 Å². The second-order valence-corrected chi connectivity index (χ2v) is 7.57. The standard InChI is InChI=1S/C15H28O2.C7H14/c1-2-3-4-5-6-7-8-9-12-15(17)13-10-11-14-16;1-7-5-3-2-4-6-7/h14H,2-13H2,1H3;7H,2-6H2,1H3. The molecule has 142 valence electrons. The Balaban J connectivity index is 0.000000620. The molecular formula is C22H42O2. The lowest BCUT2D eigenvalue weighted by atomic mass is 9.91. The van der Waals surface area contributed by atoms with Crippen LogP contribution in [0.4, 0.5) is 0 Å². The fourth-order valence-corrected chi connectivity index (χ4v) is 3.27. The Morgan fingerprint density at radius 2 is 1.38 bits per heavy atom. The molecule has 2 nitrogen and oxygen atoms in total. The molecule has 0 saturated heterocycles. The minimum Gasteiger partial charge on any atom is -0.303 e. The monoisotopic (exact) mass is 338 g/mol. The van der Waals surface area contributed by atoms with Crippen molar-refractivity contribution < 1.29 is 9.59 Å². The lowest BCUT2D eigenvalue weighted by molar-refractivity contribution is -0.119. The zero-order valence-electron chi connectivity index (χ0n) is 16.5. The molecule has 0 bridgehead atoms. The molecule has 0 amide bonds. The average molecular weight is 339 g/mol. The van der Waals surface area contributed by atoms with Crippen molar-refractivity contribution >= 4 is 12.1 Å². The molecule has 0 N–H and O–H groups in total. The number of carbonyl (C=O) groups is 2. The summed E-state index contributed by atoms with van der Waals surface area (Å²) >= 11 is 0. The lowest BCUT2D eigenvalue weighted by Crippen LogP contribution is -1.99. The highest BCUT2D eigenvalue weighted by atomic mass is 16.1. The molecule has 2 heteroatoms. The van der Waals surface area contributed by atoms with E-state index in [2.05, 4.69) is 13.8 Å². The first kappa shape index (κ1) is 23.3. The smallest absolute Gasteiger partial charge is 0.132 e. The summed E-state index contributed by atoms with van der Waals surface area (Å²) in [5.41, 5.74) is 0. The number of hydrogen-bond acceptors (Lipinski definition) is 2. The molecule has 0 heterocycles. The Hall–Kier alpha value is -0.660. The van der Waals surface area contributed by atoms with Crippen LogP contribution in [0.15, 0.2) is 0 Å². The SMILES string of the molecule is CC1CCCCC1.CCCCCCCCCCC(=O)CCCC=O. The fraction of sp³-hybridized carbons (Fsp3) is 0.909. The molecule has 0 radical (unpaired) electrons. The minimum absolute atomic E-state index is 0.331. The highest BCUT2D eigenvalue weighted by Gasteiger charge is 2.06. The van der Waals surface area contributed by atoms with Gasteiger partial charge in [-0.3, -0.25) is 4.79 Å². The Bertz CT molecular complexity index is 280. The van der Waals surface area contributed by atoms with Crippen molar-refractivity contribution in [3.8, 4) is 0 Å². The van der Waals surface area contributed by atoms with Crippen LogP contribution in [0.25, 0.3) is 0 Å². The van der Waals surface area contributed by atoms with Crippen LogP contribution in [-0.4, -0.2) is 12.1 Å². The number of ketones is 1. The normalized spacial score (nSPS) is 14.8. The third-order valence-corrected chi connectivity index (χ3v) is 4.98. The van der Waals surface area contributed by atoms with Crippen LogP contribution in [0, 0.1) is 5.92 Å². The summed E-state index contributed by atoms with van der Waals surface area (Å²) in [6.07, 6.45) is 21.1. The average Bonchev–Trinajstić information content (AvgIpc) is 2.59. The van der Waals surface area contributed by atoms with E-state index in [1.807, 2.05) is 0 Å². The maximum atomic E-state index is 11.4. The van der Waals surface area contributed by atoms with Gasteiger partial charge >= 0.3 is 0 Å². The Morgan fingerprint density at radius 3 is 1.88 bits per heavy atom. The number of hydrogen-bond donors (Lipinski definition) is 0. The van der Waals surface area contributed by atoms with Crippen LogP contribution in [0.2, 0.25) is 0 Å². The largest absolute Gasteiger partial charge is 0.303 e. The van der Waals surface area contributed by atoms with Crippen LogP contribution in [0.1, 0.15) is 123 Å². The van der Waals surface area contributed by atoms with Gasteiger partial charge < -0.3 is 4.79 Å². The zero-order chi connectivity index (χ0) is 17.9. The van der Waals surface area contributed by atoms with Crippen LogP contribution < -0.4 is 0 Å². The summed E-state index contributed by atoms with van der Waals surface area (Å²) in [7, 11) is 0. The fourth-order valence-electron chi connectivity index (χ4n) is 3.27. The van der Waals surface area contributed by atoms with Gasteiger partial charge in [-0.05, 0) is 18.8 Å². The highest BCUT2D eigenvalue weighted by molar-refractivity contribution is 5.78. The molecule has 0 atom stereocenters. The molecule has 0 aromatic carbocycles. The van der Waals surface area contributed by atoms with E-state index >= 15 is 0 Å². The van der Waals surface area contributed by atoms with Crippen LogP contribution >= 0.6 is 0 Å². The number of rotatable bonds is 13. The van der Waals surface area contributed by atoms with Crippen LogP contribution in [0.5, 0.6) is 0 Å². The van der Waals surface area contributed by atoms with Crippen molar-refractivity contribution in [2.24, 2.45) is 5.92 Å². The van der Waals surface area contributed by atoms with Gasteiger partial charge in [0.05, 0.1) is 0 Å². The van der Waals surface area contributed by atoms with Crippen LogP contribution in [-0.2, 0) is 9.59 Å². The van der Waals surface area contributed by atoms with Gasteiger partial charge in [0, 0.05) is 19.3 Å². The first-order valence-electron chi connectivity index (χ1n) is 10.7. The summed E-state index contributed by atoms with van der Waals surface area (Å²) in [5.74, 6) is 1.37. The molecule has 0 spiro atoms. The molecule has 0 unspecified atom stereocenters. The molecule has 0 aromatic rings. The lowest BCUT2D eigenvalue weighted by Gasteiger charge is -2.15. The zero-order valence-corrected chi connectivity index (χ0v) is 16.5. The molecule has 1 fully saturated rings. The number of carbonyl (C=O) groups excluding carboxylic acids is 2. The van der Waals surface area contributed by atoms with Crippen molar-refractivity contribution in [2.75, 3.05) is 0 Å². The summed E-state index contributed by atoms with van der Waals surface area (Å²) in [6.45, 7) is 4.59. The number of aldehydes is 1. The molecule has 1 aliphatic rings. The molecule has 1 saturated carbocycles. The molecule has 1 rings (SSSR count). The third kappa shape index (κ3) is 17.7. The highest BCUT2D eigenvalue weighted by Crippen LogP contribution is 2.22. The predicted octanol–water partition coefficient (Wildman–Crippen LogP) is 7.04. The maximum Gasteiger partial charge on any atom is 0.132 e. The summed E-state index contributed by atoms with van der Waals surface area (Å²) < 4.78 is 0. The Kier molecular flexibility index (Phi) is 18.2. The van der Waals surface area contributed by atoms with E-state index in [-0.39, 0.29) is 0 Å². The Labute approximate surface area is 151 Å². The summed E-state index contributed by atoms with van der Waals surface area (Å²) in [6, 6.07) is 0. The van der Waals surface area contributed by atoms with E-state index in [0.717, 1.165) is 25.0 Å². The second-order valence-electron chi connectivity index (χ2n) is 7.57. The van der Waals surface area contributed by atoms with E-state index in [4.69, 9.17) is 0 Å². The summed E-state index contributed by atoms with van der Waals surface area (Å²) in [5, 5.41) is 0.